The maximum absolute atomic E-state index is 5.94. The maximum atomic E-state index is 5.94. The van der Waals surface area contributed by atoms with Crippen LogP contribution in [0.4, 0.5) is 0 Å². The van der Waals surface area contributed by atoms with Gasteiger partial charge in [0.05, 0.1) is 6.04 Å². The van der Waals surface area contributed by atoms with Crippen LogP contribution in [0.25, 0.3) is 11.4 Å². The molecule has 0 aromatic carbocycles. The Labute approximate surface area is 102 Å². The molecule has 4 nitrogen and oxygen atoms in total. The molecule has 0 saturated heterocycles. The van der Waals surface area contributed by atoms with Crippen LogP contribution in [-0.2, 0) is 0 Å². The SMILES string of the molecule is CSCCC(N)c1nc(-c2ccsc2)no1. The van der Waals surface area contributed by atoms with Crippen molar-refractivity contribution in [3.63, 3.8) is 0 Å². The Balaban J connectivity index is 2.07. The summed E-state index contributed by atoms with van der Waals surface area (Å²) in [6, 6.07) is 1.81. The van der Waals surface area contributed by atoms with Crippen molar-refractivity contribution in [2.45, 2.75) is 12.5 Å². The fourth-order valence-corrected chi connectivity index (χ4v) is 2.39. The molecular formula is C10H13N3OS2. The third kappa shape index (κ3) is 2.63. The van der Waals surface area contributed by atoms with Gasteiger partial charge in [0.1, 0.15) is 0 Å². The summed E-state index contributed by atoms with van der Waals surface area (Å²) >= 11 is 3.37. The molecule has 1 unspecified atom stereocenters. The average molecular weight is 255 g/mol. The van der Waals surface area contributed by atoms with Gasteiger partial charge in [-0.05, 0) is 29.9 Å². The molecule has 1 atom stereocenters. The van der Waals surface area contributed by atoms with Gasteiger partial charge in [0.15, 0.2) is 0 Å². The molecule has 0 spiro atoms. The molecule has 86 valence electrons. The first-order valence-electron chi connectivity index (χ1n) is 4.92. The Bertz CT molecular complexity index is 427. The molecule has 0 radical (unpaired) electrons. The molecule has 2 rings (SSSR count). The molecule has 0 saturated carbocycles. The quantitative estimate of drug-likeness (QED) is 0.889. The molecule has 2 N–H and O–H groups in total. The largest absolute Gasteiger partial charge is 0.337 e. The van der Waals surface area contributed by atoms with Crippen molar-refractivity contribution < 1.29 is 4.52 Å². The second-order valence-electron chi connectivity index (χ2n) is 3.36. The topological polar surface area (TPSA) is 64.9 Å². The van der Waals surface area contributed by atoms with Crippen molar-refractivity contribution in [3.8, 4) is 11.4 Å². The van der Waals surface area contributed by atoms with Crippen LogP contribution in [0.1, 0.15) is 18.4 Å². The Morgan fingerprint density at radius 2 is 2.50 bits per heavy atom. The van der Waals surface area contributed by atoms with Gasteiger partial charge >= 0.3 is 0 Å². The van der Waals surface area contributed by atoms with Gasteiger partial charge in [0.25, 0.3) is 0 Å². The van der Waals surface area contributed by atoms with Crippen LogP contribution in [-0.4, -0.2) is 22.1 Å². The molecule has 2 heterocycles. The van der Waals surface area contributed by atoms with E-state index in [4.69, 9.17) is 10.3 Å². The highest BCUT2D eigenvalue weighted by Gasteiger charge is 2.15. The lowest BCUT2D eigenvalue weighted by Crippen LogP contribution is -2.11. The third-order valence-corrected chi connectivity index (χ3v) is 3.50. The second-order valence-corrected chi connectivity index (χ2v) is 5.12. The van der Waals surface area contributed by atoms with Crippen molar-refractivity contribution in [2.75, 3.05) is 12.0 Å². The van der Waals surface area contributed by atoms with Gasteiger partial charge in [-0.1, -0.05) is 5.16 Å². The first-order valence-corrected chi connectivity index (χ1v) is 7.25. The van der Waals surface area contributed by atoms with E-state index in [9.17, 15) is 0 Å². The van der Waals surface area contributed by atoms with E-state index in [-0.39, 0.29) is 6.04 Å². The van der Waals surface area contributed by atoms with Crippen LogP contribution in [0.2, 0.25) is 0 Å². The smallest absolute Gasteiger partial charge is 0.243 e. The minimum Gasteiger partial charge on any atom is -0.337 e. The monoisotopic (exact) mass is 255 g/mol. The van der Waals surface area contributed by atoms with Gasteiger partial charge in [-0.25, -0.2) is 0 Å². The lowest BCUT2D eigenvalue weighted by atomic mass is 10.2. The Kier molecular flexibility index (Phi) is 3.98. The number of aromatic nitrogens is 2. The molecule has 0 aliphatic carbocycles. The minimum atomic E-state index is -0.160. The first kappa shape index (κ1) is 11.6. The molecule has 16 heavy (non-hydrogen) atoms. The Morgan fingerprint density at radius 1 is 1.62 bits per heavy atom. The fraction of sp³-hybridized carbons (Fsp3) is 0.400. The number of thiophene rings is 1. The highest BCUT2D eigenvalue weighted by molar-refractivity contribution is 7.98. The summed E-state index contributed by atoms with van der Waals surface area (Å²) in [5, 5.41) is 7.89. The molecule has 0 aliphatic rings. The molecular weight excluding hydrogens is 242 g/mol. The van der Waals surface area contributed by atoms with Crippen LogP contribution in [0.3, 0.4) is 0 Å². The third-order valence-electron chi connectivity index (χ3n) is 2.17. The number of rotatable bonds is 5. The number of hydrogen-bond acceptors (Lipinski definition) is 6. The highest BCUT2D eigenvalue weighted by Crippen LogP contribution is 2.21. The normalized spacial score (nSPS) is 12.9. The molecule has 0 amide bonds. The number of hydrogen-bond donors (Lipinski definition) is 1. The summed E-state index contributed by atoms with van der Waals surface area (Å²) in [5.41, 5.74) is 6.92. The predicted octanol–water partition coefficient (Wildman–Crippen LogP) is 2.55. The lowest BCUT2D eigenvalue weighted by molar-refractivity contribution is 0.353. The van der Waals surface area contributed by atoms with Gasteiger partial charge in [-0.3, -0.25) is 0 Å². The van der Waals surface area contributed by atoms with E-state index in [0.29, 0.717) is 11.7 Å². The van der Waals surface area contributed by atoms with Crippen LogP contribution in [0, 0.1) is 0 Å². The average Bonchev–Trinajstić information content (AvgIpc) is 2.94. The van der Waals surface area contributed by atoms with Crippen molar-refractivity contribution in [1.29, 1.82) is 0 Å². The van der Waals surface area contributed by atoms with E-state index in [2.05, 4.69) is 16.4 Å². The molecule has 0 aliphatic heterocycles. The van der Waals surface area contributed by atoms with E-state index in [0.717, 1.165) is 17.7 Å². The molecule has 2 aromatic rings. The van der Waals surface area contributed by atoms with Gasteiger partial charge in [-0.2, -0.15) is 28.1 Å². The summed E-state index contributed by atoms with van der Waals surface area (Å²) in [5.74, 6) is 2.14. The maximum Gasteiger partial charge on any atom is 0.243 e. The van der Waals surface area contributed by atoms with Crippen LogP contribution in [0.15, 0.2) is 21.3 Å². The van der Waals surface area contributed by atoms with E-state index < -0.39 is 0 Å². The standard InChI is InChI=1S/C10H13N3OS2/c1-15-4-3-8(11)10-12-9(13-14-10)7-2-5-16-6-7/h2,5-6,8H,3-4,11H2,1H3. The molecule has 6 heteroatoms. The van der Waals surface area contributed by atoms with Crippen molar-refractivity contribution in [2.24, 2.45) is 5.73 Å². The predicted molar refractivity (Wildman–Crippen MR) is 67.5 cm³/mol. The Hall–Kier alpha value is -0.850. The molecule has 2 aromatic heterocycles. The summed E-state index contributed by atoms with van der Waals surface area (Å²) in [4.78, 5) is 4.30. The van der Waals surface area contributed by atoms with E-state index in [1.165, 1.54) is 0 Å². The van der Waals surface area contributed by atoms with Crippen molar-refractivity contribution in [3.05, 3.63) is 22.7 Å². The Morgan fingerprint density at radius 3 is 3.19 bits per heavy atom. The number of nitrogens with zero attached hydrogens (tertiary/aromatic N) is 2. The van der Waals surface area contributed by atoms with Gasteiger partial charge in [0, 0.05) is 10.9 Å². The first-order chi connectivity index (χ1) is 7.81. The van der Waals surface area contributed by atoms with E-state index in [1.807, 2.05) is 16.8 Å². The zero-order chi connectivity index (χ0) is 11.4. The summed E-state index contributed by atoms with van der Waals surface area (Å²) < 4.78 is 5.16. The summed E-state index contributed by atoms with van der Waals surface area (Å²) in [7, 11) is 0. The van der Waals surface area contributed by atoms with Gasteiger partial charge in [0.2, 0.25) is 11.7 Å². The van der Waals surface area contributed by atoms with E-state index >= 15 is 0 Å². The van der Waals surface area contributed by atoms with E-state index in [1.54, 1.807) is 23.1 Å². The summed E-state index contributed by atoms with van der Waals surface area (Å²) in [6.07, 6.45) is 2.91. The van der Waals surface area contributed by atoms with Gasteiger partial charge in [-0.15, -0.1) is 0 Å². The van der Waals surface area contributed by atoms with Crippen LogP contribution >= 0.6 is 23.1 Å². The molecule has 0 bridgehead atoms. The minimum absolute atomic E-state index is 0.160. The number of thioether (sulfide) groups is 1. The van der Waals surface area contributed by atoms with Crippen LogP contribution < -0.4 is 5.73 Å². The zero-order valence-corrected chi connectivity index (χ0v) is 10.6. The summed E-state index contributed by atoms with van der Waals surface area (Å²) in [6.45, 7) is 0. The van der Waals surface area contributed by atoms with Crippen molar-refractivity contribution in [1.82, 2.24) is 10.1 Å². The number of nitrogens with two attached hydrogens (primary N) is 1. The fourth-order valence-electron chi connectivity index (χ4n) is 1.26. The lowest BCUT2D eigenvalue weighted by Gasteiger charge is -2.03. The molecule has 0 fully saturated rings. The second kappa shape index (κ2) is 5.47. The van der Waals surface area contributed by atoms with Crippen LogP contribution in [0.5, 0.6) is 0 Å². The van der Waals surface area contributed by atoms with Crippen molar-refractivity contribution >= 4 is 23.1 Å². The zero-order valence-electron chi connectivity index (χ0n) is 8.92. The van der Waals surface area contributed by atoms with Gasteiger partial charge < -0.3 is 10.3 Å². The highest BCUT2D eigenvalue weighted by atomic mass is 32.2.